The number of carbonyl (C=O) groups excluding carboxylic acids is 1. The monoisotopic (exact) mass is 218 g/mol. The highest BCUT2D eigenvalue weighted by Crippen LogP contribution is 2.47. The van der Waals surface area contributed by atoms with Gasteiger partial charge in [0.05, 0.1) is 6.42 Å². The number of hydrogen-bond donors (Lipinski definition) is 0. The van der Waals surface area contributed by atoms with Gasteiger partial charge in [0.15, 0.2) is 0 Å². The Morgan fingerprint density at radius 2 is 2.06 bits per heavy atom. The number of ether oxygens (including phenoxy) is 2. The molecule has 2 aliphatic heterocycles. The van der Waals surface area contributed by atoms with Crippen LogP contribution in [-0.2, 0) is 9.53 Å². The van der Waals surface area contributed by atoms with Crippen molar-refractivity contribution in [3.05, 3.63) is 29.8 Å². The highest BCUT2D eigenvalue weighted by atomic mass is 16.6. The van der Waals surface area contributed by atoms with Crippen LogP contribution in [0.15, 0.2) is 24.3 Å². The van der Waals surface area contributed by atoms with E-state index in [2.05, 4.69) is 0 Å². The fourth-order valence-electron chi connectivity index (χ4n) is 2.68. The van der Waals surface area contributed by atoms with Crippen molar-refractivity contribution >= 4 is 5.97 Å². The maximum Gasteiger partial charge on any atom is 0.306 e. The van der Waals surface area contributed by atoms with E-state index in [1.165, 1.54) is 0 Å². The molecule has 0 N–H and O–H groups in total. The standard InChI is InChI=1S/C13H14O3/c1-13(2)12-9(7-11(14)15-12)8-5-3-4-6-10(8)16-13/h3-6,9,12H,7H2,1-2H3. The van der Waals surface area contributed by atoms with Gasteiger partial charge in [0, 0.05) is 11.5 Å². The van der Waals surface area contributed by atoms with E-state index >= 15 is 0 Å². The zero-order chi connectivity index (χ0) is 11.3. The third-order valence-electron chi connectivity index (χ3n) is 3.39. The topological polar surface area (TPSA) is 35.5 Å². The third-order valence-corrected chi connectivity index (χ3v) is 3.39. The highest BCUT2D eigenvalue weighted by Gasteiger charge is 2.50. The van der Waals surface area contributed by atoms with Crippen molar-refractivity contribution in [3.8, 4) is 5.75 Å². The molecule has 84 valence electrons. The minimum Gasteiger partial charge on any atom is -0.484 e. The molecule has 0 radical (unpaired) electrons. The van der Waals surface area contributed by atoms with Gasteiger partial charge in [-0.25, -0.2) is 0 Å². The largest absolute Gasteiger partial charge is 0.484 e. The summed E-state index contributed by atoms with van der Waals surface area (Å²) in [6, 6.07) is 7.90. The van der Waals surface area contributed by atoms with Crippen LogP contribution in [0.25, 0.3) is 0 Å². The predicted molar refractivity (Wildman–Crippen MR) is 58.4 cm³/mol. The van der Waals surface area contributed by atoms with Gasteiger partial charge in [-0.05, 0) is 19.9 Å². The molecule has 3 nitrogen and oxygen atoms in total. The fraction of sp³-hybridized carbons (Fsp3) is 0.462. The Kier molecular flexibility index (Phi) is 1.82. The van der Waals surface area contributed by atoms with Crippen LogP contribution in [-0.4, -0.2) is 17.7 Å². The Balaban J connectivity index is 2.12. The summed E-state index contributed by atoms with van der Waals surface area (Å²) in [6.45, 7) is 3.94. The first-order chi connectivity index (χ1) is 7.58. The molecule has 0 amide bonds. The molecule has 3 rings (SSSR count). The van der Waals surface area contributed by atoms with Crippen molar-refractivity contribution < 1.29 is 14.3 Å². The minimum absolute atomic E-state index is 0.122. The zero-order valence-corrected chi connectivity index (χ0v) is 9.40. The van der Waals surface area contributed by atoms with E-state index in [4.69, 9.17) is 9.47 Å². The van der Waals surface area contributed by atoms with E-state index in [1.54, 1.807) is 0 Å². The molecule has 2 aliphatic rings. The van der Waals surface area contributed by atoms with Gasteiger partial charge in [0.1, 0.15) is 17.5 Å². The van der Waals surface area contributed by atoms with Crippen LogP contribution in [0.3, 0.4) is 0 Å². The van der Waals surface area contributed by atoms with Gasteiger partial charge in [0.25, 0.3) is 0 Å². The Bertz CT molecular complexity index is 450. The van der Waals surface area contributed by atoms with Gasteiger partial charge in [-0.2, -0.15) is 0 Å². The molecule has 1 fully saturated rings. The Labute approximate surface area is 94.4 Å². The summed E-state index contributed by atoms with van der Waals surface area (Å²) >= 11 is 0. The molecule has 0 aliphatic carbocycles. The van der Waals surface area contributed by atoms with Crippen LogP contribution in [0.5, 0.6) is 5.75 Å². The summed E-state index contributed by atoms with van der Waals surface area (Å²) in [5.41, 5.74) is 0.656. The maximum absolute atomic E-state index is 11.4. The van der Waals surface area contributed by atoms with Crippen LogP contribution in [0.2, 0.25) is 0 Å². The predicted octanol–water partition coefficient (Wildman–Crippen LogP) is 2.26. The first kappa shape index (κ1) is 9.70. The smallest absolute Gasteiger partial charge is 0.306 e. The molecule has 0 aromatic heterocycles. The van der Waals surface area contributed by atoms with Gasteiger partial charge >= 0.3 is 5.97 Å². The van der Waals surface area contributed by atoms with Gasteiger partial charge in [-0.15, -0.1) is 0 Å². The lowest BCUT2D eigenvalue weighted by molar-refractivity contribution is -0.149. The molecular formula is C13H14O3. The van der Waals surface area contributed by atoms with Crippen molar-refractivity contribution in [1.29, 1.82) is 0 Å². The second-order valence-electron chi connectivity index (χ2n) is 4.96. The van der Waals surface area contributed by atoms with Crippen molar-refractivity contribution in [3.63, 3.8) is 0 Å². The zero-order valence-electron chi connectivity index (χ0n) is 9.40. The molecule has 0 bridgehead atoms. The lowest BCUT2D eigenvalue weighted by atomic mass is 9.81. The van der Waals surface area contributed by atoms with Crippen molar-refractivity contribution in [2.45, 2.75) is 37.9 Å². The molecule has 1 saturated heterocycles. The van der Waals surface area contributed by atoms with E-state index in [9.17, 15) is 4.79 Å². The van der Waals surface area contributed by atoms with E-state index in [-0.39, 0.29) is 18.0 Å². The van der Waals surface area contributed by atoms with Crippen LogP contribution in [0, 0.1) is 0 Å². The third kappa shape index (κ3) is 1.24. The Hall–Kier alpha value is -1.51. The number of hydrogen-bond acceptors (Lipinski definition) is 3. The van der Waals surface area contributed by atoms with Gasteiger partial charge in [-0.3, -0.25) is 4.79 Å². The quantitative estimate of drug-likeness (QED) is 0.626. The lowest BCUT2D eigenvalue weighted by Crippen LogP contribution is -2.47. The average molecular weight is 218 g/mol. The molecule has 0 saturated carbocycles. The number of benzene rings is 1. The fourth-order valence-corrected chi connectivity index (χ4v) is 2.68. The van der Waals surface area contributed by atoms with Crippen molar-refractivity contribution in [2.24, 2.45) is 0 Å². The second kappa shape index (κ2) is 3.00. The number of para-hydroxylation sites is 1. The first-order valence-corrected chi connectivity index (χ1v) is 5.55. The van der Waals surface area contributed by atoms with Crippen molar-refractivity contribution in [1.82, 2.24) is 0 Å². The normalized spacial score (nSPS) is 30.0. The number of rotatable bonds is 0. The number of fused-ring (bicyclic) bond motifs is 3. The molecule has 1 aromatic carbocycles. The first-order valence-electron chi connectivity index (χ1n) is 5.55. The second-order valence-corrected chi connectivity index (χ2v) is 4.96. The molecule has 2 atom stereocenters. The maximum atomic E-state index is 11.4. The minimum atomic E-state index is -0.439. The molecule has 3 heteroatoms. The van der Waals surface area contributed by atoms with E-state index in [1.807, 2.05) is 38.1 Å². The summed E-state index contributed by atoms with van der Waals surface area (Å²) in [6.07, 6.45) is 0.309. The van der Waals surface area contributed by atoms with Crippen LogP contribution in [0.4, 0.5) is 0 Å². The Morgan fingerprint density at radius 1 is 1.31 bits per heavy atom. The van der Waals surface area contributed by atoms with E-state index in [0.29, 0.717) is 6.42 Å². The molecule has 0 spiro atoms. The number of carbonyl (C=O) groups is 1. The van der Waals surface area contributed by atoms with E-state index < -0.39 is 5.60 Å². The lowest BCUT2D eigenvalue weighted by Gasteiger charge is -2.39. The molecular weight excluding hydrogens is 204 g/mol. The summed E-state index contributed by atoms with van der Waals surface area (Å²) in [5.74, 6) is 0.905. The summed E-state index contributed by atoms with van der Waals surface area (Å²) in [4.78, 5) is 11.4. The van der Waals surface area contributed by atoms with Crippen LogP contribution < -0.4 is 4.74 Å². The average Bonchev–Trinajstić information content (AvgIpc) is 2.61. The summed E-state index contributed by atoms with van der Waals surface area (Å²) in [5, 5.41) is 0. The molecule has 2 heterocycles. The summed E-state index contributed by atoms with van der Waals surface area (Å²) in [7, 11) is 0. The highest BCUT2D eigenvalue weighted by molar-refractivity contribution is 5.74. The van der Waals surface area contributed by atoms with Gasteiger partial charge < -0.3 is 9.47 Å². The molecule has 2 unspecified atom stereocenters. The SMILES string of the molecule is CC1(C)Oc2ccccc2C2CC(=O)OC21. The molecule has 16 heavy (non-hydrogen) atoms. The number of esters is 1. The van der Waals surface area contributed by atoms with Gasteiger partial charge in [0.2, 0.25) is 0 Å². The van der Waals surface area contributed by atoms with E-state index in [0.717, 1.165) is 11.3 Å². The van der Waals surface area contributed by atoms with Gasteiger partial charge in [-0.1, -0.05) is 18.2 Å². The van der Waals surface area contributed by atoms with Crippen LogP contribution >= 0.6 is 0 Å². The molecule has 1 aromatic rings. The van der Waals surface area contributed by atoms with Crippen LogP contribution in [0.1, 0.15) is 31.7 Å². The Morgan fingerprint density at radius 3 is 2.88 bits per heavy atom. The summed E-state index contributed by atoms with van der Waals surface area (Å²) < 4.78 is 11.3. The van der Waals surface area contributed by atoms with Crippen molar-refractivity contribution in [2.75, 3.05) is 0 Å².